The molecule has 1 aromatic carbocycles. The maximum Gasteiger partial charge on any atom is 0.410 e. The number of amides is 1. The number of likely N-dealkylation sites (tertiary alicyclic amines) is 1. The quantitative estimate of drug-likeness (QED) is 0.923. The summed E-state index contributed by atoms with van der Waals surface area (Å²) in [6.07, 6.45) is 0.660. The average Bonchev–Trinajstić information content (AvgIpc) is 2.33. The zero-order valence-electron chi connectivity index (χ0n) is 12.4. The second-order valence-electron chi connectivity index (χ2n) is 6.28. The molecule has 0 radical (unpaired) electrons. The van der Waals surface area contributed by atoms with Crippen molar-refractivity contribution < 1.29 is 14.6 Å². The lowest BCUT2D eigenvalue weighted by Crippen LogP contribution is -2.53. The Morgan fingerprint density at radius 1 is 1.40 bits per heavy atom. The minimum absolute atomic E-state index is 0.0695. The van der Waals surface area contributed by atoms with Crippen molar-refractivity contribution >= 4 is 6.09 Å². The number of hydrogen-bond acceptors (Lipinski definition) is 3. The van der Waals surface area contributed by atoms with Crippen molar-refractivity contribution in [2.75, 3.05) is 6.54 Å². The Labute approximate surface area is 120 Å². The fourth-order valence-electron chi connectivity index (χ4n) is 2.32. The van der Waals surface area contributed by atoms with Gasteiger partial charge in [0, 0.05) is 12.6 Å². The van der Waals surface area contributed by atoms with Crippen molar-refractivity contribution in [3.8, 4) is 0 Å². The van der Waals surface area contributed by atoms with E-state index in [4.69, 9.17) is 4.74 Å². The first kappa shape index (κ1) is 14.9. The zero-order chi connectivity index (χ0) is 14.8. The van der Waals surface area contributed by atoms with E-state index in [1.165, 1.54) is 0 Å². The maximum absolute atomic E-state index is 12.0. The lowest BCUT2D eigenvalue weighted by molar-refractivity contribution is -0.0156. The van der Waals surface area contributed by atoms with Crippen molar-refractivity contribution in [3.05, 3.63) is 35.9 Å². The molecule has 2 atom stereocenters. The van der Waals surface area contributed by atoms with Crippen LogP contribution in [0.2, 0.25) is 0 Å². The Balaban J connectivity index is 1.89. The van der Waals surface area contributed by atoms with Crippen LogP contribution in [0.3, 0.4) is 0 Å². The molecule has 1 aromatic rings. The topological polar surface area (TPSA) is 49.8 Å². The highest BCUT2D eigenvalue weighted by Gasteiger charge is 2.36. The monoisotopic (exact) mass is 277 g/mol. The van der Waals surface area contributed by atoms with E-state index >= 15 is 0 Å². The molecular formula is C16H23NO3. The standard InChI is InChI=1S/C16H23NO3/c1-16(2,3)20-15(19)17-10-9-13(17)11-14(18)12-7-5-4-6-8-12/h4-8,13-14,18H,9-11H2,1-3H3/t13-,14-/m0/s1. The van der Waals surface area contributed by atoms with Gasteiger partial charge in [-0.25, -0.2) is 4.79 Å². The molecule has 0 aromatic heterocycles. The van der Waals surface area contributed by atoms with Gasteiger partial charge in [0.15, 0.2) is 0 Å². The second kappa shape index (κ2) is 5.83. The van der Waals surface area contributed by atoms with Crippen LogP contribution in [-0.2, 0) is 4.74 Å². The van der Waals surface area contributed by atoms with E-state index in [9.17, 15) is 9.90 Å². The van der Waals surface area contributed by atoms with Gasteiger partial charge in [0.1, 0.15) is 5.60 Å². The Hall–Kier alpha value is -1.55. The smallest absolute Gasteiger partial charge is 0.410 e. The summed E-state index contributed by atoms with van der Waals surface area (Å²) in [4.78, 5) is 13.7. The predicted molar refractivity (Wildman–Crippen MR) is 77.4 cm³/mol. The molecule has 1 N–H and O–H groups in total. The van der Waals surface area contributed by atoms with E-state index in [1.807, 2.05) is 51.1 Å². The summed E-state index contributed by atoms with van der Waals surface area (Å²) in [5.41, 5.74) is 0.415. The number of nitrogens with zero attached hydrogens (tertiary/aromatic N) is 1. The van der Waals surface area contributed by atoms with Crippen molar-refractivity contribution in [2.45, 2.75) is 51.4 Å². The van der Waals surface area contributed by atoms with Crippen LogP contribution in [-0.4, -0.2) is 34.3 Å². The lowest BCUT2D eigenvalue weighted by Gasteiger charge is -2.42. The van der Waals surface area contributed by atoms with Gasteiger partial charge in [0.25, 0.3) is 0 Å². The van der Waals surface area contributed by atoms with Crippen LogP contribution in [0, 0.1) is 0 Å². The highest BCUT2D eigenvalue weighted by molar-refractivity contribution is 5.69. The molecule has 0 bridgehead atoms. The molecule has 0 spiro atoms. The minimum Gasteiger partial charge on any atom is -0.444 e. The van der Waals surface area contributed by atoms with E-state index in [2.05, 4.69) is 0 Å². The fourth-order valence-corrected chi connectivity index (χ4v) is 2.32. The number of rotatable bonds is 3. The number of aliphatic hydroxyl groups is 1. The molecular weight excluding hydrogens is 254 g/mol. The van der Waals surface area contributed by atoms with Gasteiger partial charge >= 0.3 is 6.09 Å². The van der Waals surface area contributed by atoms with E-state index in [1.54, 1.807) is 4.90 Å². The van der Waals surface area contributed by atoms with Crippen molar-refractivity contribution in [2.24, 2.45) is 0 Å². The molecule has 20 heavy (non-hydrogen) atoms. The summed E-state index contributed by atoms with van der Waals surface area (Å²) in [7, 11) is 0. The molecule has 1 amide bonds. The number of benzene rings is 1. The molecule has 2 rings (SSSR count). The molecule has 4 heteroatoms. The molecule has 1 aliphatic rings. The first-order chi connectivity index (χ1) is 9.37. The first-order valence-corrected chi connectivity index (χ1v) is 7.09. The van der Waals surface area contributed by atoms with Gasteiger partial charge in [-0.05, 0) is 39.2 Å². The predicted octanol–water partition coefficient (Wildman–Crippen LogP) is 3.12. The third-order valence-electron chi connectivity index (χ3n) is 3.45. The molecule has 0 unspecified atom stereocenters. The van der Waals surface area contributed by atoms with E-state index in [0.717, 1.165) is 12.0 Å². The summed E-state index contributed by atoms with van der Waals surface area (Å²) in [6.45, 7) is 6.29. The number of carbonyl (C=O) groups excluding carboxylic acids is 1. The Bertz CT molecular complexity index is 453. The van der Waals surface area contributed by atoms with Crippen molar-refractivity contribution in [1.82, 2.24) is 4.90 Å². The molecule has 0 aliphatic carbocycles. The summed E-state index contributed by atoms with van der Waals surface area (Å²) < 4.78 is 5.36. The van der Waals surface area contributed by atoms with Gasteiger partial charge in [-0.1, -0.05) is 30.3 Å². The van der Waals surface area contributed by atoms with Crippen LogP contribution in [0.4, 0.5) is 4.79 Å². The molecule has 1 saturated heterocycles. The molecule has 0 saturated carbocycles. The summed E-state index contributed by atoms with van der Waals surface area (Å²) in [5.74, 6) is 0. The fraction of sp³-hybridized carbons (Fsp3) is 0.562. The van der Waals surface area contributed by atoms with E-state index in [-0.39, 0.29) is 12.1 Å². The number of aliphatic hydroxyl groups excluding tert-OH is 1. The Morgan fingerprint density at radius 2 is 2.05 bits per heavy atom. The normalized spacial score (nSPS) is 20.2. The van der Waals surface area contributed by atoms with Crippen molar-refractivity contribution in [3.63, 3.8) is 0 Å². The van der Waals surface area contributed by atoms with Crippen LogP contribution in [0.15, 0.2) is 30.3 Å². The van der Waals surface area contributed by atoms with E-state index in [0.29, 0.717) is 13.0 Å². The van der Waals surface area contributed by atoms with Crippen LogP contribution in [0.5, 0.6) is 0 Å². The zero-order valence-corrected chi connectivity index (χ0v) is 12.4. The van der Waals surface area contributed by atoms with E-state index < -0.39 is 11.7 Å². The lowest BCUT2D eigenvalue weighted by atomic mass is 9.94. The van der Waals surface area contributed by atoms with Crippen molar-refractivity contribution in [1.29, 1.82) is 0 Å². The summed E-state index contributed by atoms with van der Waals surface area (Å²) >= 11 is 0. The third kappa shape index (κ3) is 3.73. The van der Waals surface area contributed by atoms with Gasteiger partial charge in [-0.2, -0.15) is 0 Å². The molecule has 110 valence electrons. The molecule has 1 aliphatic heterocycles. The maximum atomic E-state index is 12.0. The van der Waals surface area contributed by atoms with Gasteiger partial charge in [0.05, 0.1) is 6.10 Å². The van der Waals surface area contributed by atoms with Crippen LogP contribution >= 0.6 is 0 Å². The van der Waals surface area contributed by atoms with Gasteiger partial charge in [-0.15, -0.1) is 0 Å². The van der Waals surface area contributed by atoms with Crippen LogP contribution < -0.4 is 0 Å². The third-order valence-corrected chi connectivity index (χ3v) is 3.45. The second-order valence-corrected chi connectivity index (χ2v) is 6.28. The Kier molecular flexibility index (Phi) is 4.33. The molecule has 4 nitrogen and oxygen atoms in total. The van der Waals surface area contributed by atoms with Gasteiger partial charge in [-0.3, -0.25) is 0 Å². The number of hydrogen-bond donors (Lipinski definition) is 1. The summed E-state index contributed by atoms with van der Waals surface area (Å²) in [6, 6.07) is 9.62. The molecule has 1 heterocycles. The highest BCUT2D eigenvalue weighted by Crippen LogP contribution is 2.29. The molecule has 1 fully saturated rings. The first-order valence-electron chi connectivity index (χ1n) is 7.09. The number of ether oxygens (including phenoxy) is 1. The average molecular weight is 277 g/mol. The van der Waals surface area contributed by atoms with Crippen LogP contribution in [0.1, 0.15) is 45.3 Å². The Morgan fingerprint density at radius 3 is 2.55 bits per heavy atom. The minimum atomic E-state index is -0.536. The summed E-state index contributed by atoms with van der Waals surface area (Å²) in [5, 5.41) is 10.2. The highest BCUT2D eigenvalue weighted by atomic mass is 16.6. The van der Waals surface area contributed by atoms with Gasteiger partial charge in [0.2, 0.25) is 0 Å². The SMILES string of the molecule is CC(C)(C)OC(=O)N1CC[C@H]1C[C@H](O)c1ccccc1. The largest absolute Gasteiger partial charge is 0.444 e. The number of carbonyl (C=O) groups is 1. The van der Waals surface area contributed by atoms with Crippen LogP contribution in [0.25, 0.3) is 0 Å². The van der Waals surface area contributed by atoms with Gasteiger partial charge < -0.3 is 14.7 Å².